The van der Waals surface area contributed by atoms with Gasteiger partial charge in [-0.3, -0.25) is 9.59 Å². The lowest BCUT2D eigenvalue weighted by atomic mass is 10.2. The summed E-state index contributed by atoms with van der Waals surface area (Å²) in [5.41, 5.74) is -0.470. The Morgan fingerprint density at radius 3 is 2.52 bits per heavy atom. The molecule has 3 unspecified atom stereocenters. The molecule has 1 aromatic rings. The Bertz CT molecular complexity index is 597. The van der Waals surface area contributed by atoms with Crippen molar-refractivity contribution in [3.8, 4) is 0 Å². The zero-order chi connectivity index (χ0) is 16.4. The molecule has 5 nitrogen and oxygen atoms in total. The number of ether oxygens (including phenoxy) is 1. The second kappa shape index (κ2) is 6.62. The third-order valence-electron chi connectivity index (χ3n) is 4.20. The molecule has 124 valence electrons. The predicted molar refractivity (Wildman–Crippen MR) is 78.6 cm³/mol. The highest BCUT2D eigenvalue weighted by Gasteiger charge is 2.48. The van der Waals surface area contributed by atoms with Crippen LogP contribution in [0.3, 0.4) is 0 Å². The summed E-state index contributed by atoms with van der Waals surface area (Å²) in [6.07, 6.45) is 2.33. The van der Waals surface area contributed by atoms with Gasteiger partial charge >= 0.3 is 0 Å². The van der Waals surface area contributed by atoms with Crippen molar-refractivity contribution in [1.29, 1.82) is 0 Å². The van der Waals surface area contributed by atoms with Gasteiger partial charge in [0.15, 0.2) is 0 Å². The fourth-order valence-corrected chi connectivity index (χ4v) is 2.76. The standard InChI is InChI=1S/C16H18F2N2O3/c17-12-4-1-5-13(18)14(12)20-16(22)11-7-10(11)15(21)19-8-9-3-2-6-23-9/h1,4-5,9-11H,2-3,6-8H2,(H,19,21)(H,20,22). The van der Waals surface area contributed by atoms with Gasteiger partial charge in [0.2, 0.25) is 11.8 Å². The van der Waals surface area contributed by atoms with Crippen molar-refractivity contribution in [3.63, 3.8) is 0 Å². The Morgan fingerprint density at radius 2 is 1.87 bits per heavy atom. The van der Waals surface area contributed by atoms with E-state index in [1.807, 2.05) is 0 Å². The van der Waals surface area contributed by atoms with E-state index in [2.05, 4.69) is 10.6 Å². The third kappa shape index (κ3) is 3.67. The summed E-state index contributed by atoms with van der Waals surface area (Å²) in [7, 11) is 0. The molecular weight excluding hydrogens is 306 g/mol. The van der Waals surface area contributed by atoms with Crippen LogP contribution in [-0.2, 0) is 14.3 Å². The summed E-state index contributed by atoms with van der Waals surface area (Å²) >= 11 is 0. The smallest absolute Gasteiger partial charge is 0.228 e. The van der Waals surface area contributed by atoms with Crippen molar-refractivity contribution in [2.24, 2.45) is 11.8 Å². The summed E-state index contributed by atoms with van der Waals surface area (Å²) in [6.45, 7) is 1.15. The summed E-state index contributed by atoms with van der Waals surface area (Å²) in [5.74, 6) is -3.40. The van der Waals surface area contributed by atoms with Gasteiger partial charge in [0.25, 0.3) is 0 Å². The number of amides is 2. The van der Waals surface area contributed by atoms with E-state index in [1.165, 1.54) is 6.07 Å². The molecule has 1 aromatic carbocycles. The maximum atomic E-state index is 13.5. The first kappa shape index (κ1) is 15.9. The number of para-hydroxylation sites is 1. The molecule has 2 N–H and O–H groups in total. The monoisotopic (exact) mass is 324 g/mol. The lowest BCUT2D eigenvalue weighted by Crippen LogP contribution is -2.33. The molecule has 2 amide bonds. The first-order chi connectivity index (χ1) is 11.1. The average molecular weight is 324 g/mol. The van der Waals surface area contributed by atoms with Crippen LogP contribution in [0.25, 0.3) is 0 Å². The molecular formula is C16H18F2N2O3. The van der Waals surface area contributed by atoms with Crippen molar-refractivity contribution in [2.75, 3.05) is 18.5 Å². The Hall–Kier alpha value is -2.02. The van der Waals surface area contributed by atoms with Crippen LogP contribution in [0.2, 0.25) is 0 Å². The molecule has 0 bridgehead atoms. The molecule has 3 atom stereocenters. The second-order valence-corrected chi connectivity index (χ2v) is 5.91. The number of benzene rings is 1. The number of halogens is 2. The molecule has 7 heteroatoms. The van der Waals surface area contributed by atoms with Crippen LogP contribution in [0, 0.1) is 23.5 Å². The van der Waals surface area contributed by atoms with Gasteiger partial charge < -0.3 is 15.4 Å². The number of hydrogen-bond acceptors (Lipinski definition) is 3. The van der Waals surface area contributed by atoms with Crippen molar-refractivity contribution in [1.82, 2.24) is 5.32 Å². The summed E-state index contributed by atoms with van der Waals surface area (Å²) in [4.78, 5) is 24.0. The maximum absolute atomic E-state index is 13.5. The lowest BCUT2D eigenvalue weighted by Gasteiger charge is -2.11. The number of carbonyl (C=O) groups is 2. The van der Waals surface area contributed by atoms with Gasteiger partial charge in [-0.05, 0) is 31.4 Å². The van der Waals surface area contributed by atoms with Crippen LogP contribution in [0.1, 0.15) is 19.3 Å². The van der Waals surface area contributed by atoms with Gasteiger partial charge in [0, 0.05) is 13.2 Å². The fraction of sp³-hybridized carbons (Fsp3) is 0.500. The number of anilines is 1. The zero-order valence-corrected chi connectivity index (χ0v) is 12.5. The minimum absolute atomic E-state index is 0.0393. The molecule has 0 spiro atoms. The largest absolute Gasteiger partial charge is 0.376 e. The van der Waals surface area contributed by atoms with Crippen molar-refractivity contribution in [2.45, 2.75) is 25.4 Å². The maximum Gasteiger partial charge on any atom is 0.228 e. The zero-order valence-electron chi connectivity index (χ0n) is 12.5. The summed E-state index contributed by atoms with van der Waals surface area (Å²) < 4.78 is 32.4. The fourth-order valence-electron chi connectivity index (χ4n) is 2.76. The Morgan fingerprint density at radius 1 is 1.17 bits per heavy atom. The van der Waals surface area contributed by atoms with Gasteiger partial charge in [0.05, 0.1) is 17.9 Å². The highest BCUT2D eigenvalue weighted by Crippen LogP contribution is 2.39. The van der Waals surface area contributed by atoms with E-state index in [0.717, 1.165) is 25.0 Å². The quantitative estimate of drug-likeness (QED) is 0.868. The third-order valence-corrected chi connectivity index (χ3v) is 4.20. The SMILES string of the molecule is O=C(NCC1CCCO1)C1CC1C(=O)Nc1c(F)cccc1F. The van der Waals surface area contributed by atoms with Crippen LogP contribution >= 0.6 is 0 Å². The molecule has 1 aliphatic carbocycles. The van der Waals surface area contributed by atoms with E-state index in [4.69, 9.17) is 4.74 Å². The van der Waals surface area contributed by atoms with E-state index < -0.39 is 35.1 Å². The Kier molecular flexibility index (Phi) is 4.56. The first-order valence-electron chi connectivity index (χ1n) is 7.70. The van der Waals surface area contributed by atoms with Crippen molar-refractivity contribution in [3.05, 3.63) is 29.8 Å². The molecule has 23 heavy (non-hydrogen) atoms. The minimum atomic E-state index is -0.835. The molecule has 1 saturated carbocycles. The predicted octanol–water partition coefficient (Wildman–Crippen LogP) is 1.83. The van der Waals surface area contributed by atoms with E-state index in [0.29, 0.717) is 19.6 Å². The van der Waals surface area contributed by atoms with Gasteiger partial charge in [-0.25, -0.2) is 8.78 Å². The van der Waals surface area contributed by atoms with Crippen molar-refractivity contribution < 1.29 is 23.1 Å². The van der Waals surface area contributed by atoms with Gasteiger partial charge in [0.1, 0.15) is 17.3 Å². The van der Waals surface area contributed by atoms with Crippen molar-refractivity contribution >= 4 is 17.5 Å². The number of nitrogens with one attached hydrogen (secondary N) is 2. The highest BCUT2D eigenvalue weighted by atomic mass is 19.1. The van der Waals surface area contributed by atoms with Gasteiger partial charge in [-0.2, -0.15) is 0 Å². The Labute approximate surface area is 132 Å². The molecule has 1 saturated heterocycles. The van der Waals surface area contributed by atoms with E-state index in [-0.39, 0.29) is 12.0 Å². The van der Waals surface area contributed by atoms with E-state index >= 15 is 0 Å². The molecule has 2 fully saturated rings. The summed E-state index contributed by atoms with van der Waals surface area (Å²) in [6, 6.07) is 3.35. The average Bonchev–Trinajstić information content (AvgIpc) is 3.16. The molecule has 1 heterocycles. The number of carbonyl (C=O) groups excluding carboxylic acids is 2. The van der Waals surface area contributed by atoms with Gasteiger partial charge in [-0.1, -0.05) is 6.07 Å². The van der Waals surface area contributed by atoms with Crippen LogP contribution in [-0.4, -0.2) is 31.1 Å². The molecule has 1 aliphatic heterocycles. The topological polar surface area (TPSA) is 67.4 Å². The number of hydrogen-bond donors (Lipinski definition) is 2. The molecule has 0 aromatic heterocycles. The molecule has 0 radical (unpaired) electrons. The van der Waals surface area contributed by atoms with Crippen LogP contribution < -0.4 is 10.6 Å². The van der Waals surface area contributed by atoms with E-state index in [9.17, 15) is 18.4 Å². The number of rotatable bonds is 5. The highest BCUT2D eigenvalue weighted by molar-refractivity contribution is 5.99. The second-order valence-electron chi connectivity index (χ2n) is 5.91. The van der Waals surface area contributed by atoms with Crippen LogP contribution in [0.15, 0.2) is 18.2 Å². The molecule has 2 aliphatic rings. The normalized spacial score (nSPS) is 25.9. The summed E-state index contributed by atoms with van der Waals surface area (Å²) in [5, 5.41) is 4.99. The minimum Gasteiger partial charge on any atom is -0.376 e. The van der Waals surface area contributed by atoms with Crippen LogP contribution in [0.4, 0.5) is 14.5 Å². The van der Waals surface area contributed by atoms with Crippen LogP contribution in [0.5, 0.6) is 0 Å². The Balaban J connectivity index is 1.49. The first-order valence-corrected chi connectivity index (χ1v) is 7.70. The van der Waals surface area contributed by atoms with Gasteiger partial charge in [-0.15, -0.1) is 0 Å². The molecule has 3 rings (SSSR count). The lowest BCUT2D eigenvalue weighted by molar-refractivity contribution is -0.125. The van der Waals surface area contributed by atoms with E-state index in [1.54, 1.807) is 0 Å².